The lowest BCUT2D eigenvalue weighted by Gasteiger charge is -2.13. The summed E-state index contributed by atoms with van der Waals surface area (Å²) in [4.78, 5) is 31.1. The number of benzene rings is 1. The number of aromatic nitrogens is 3. The Morgan fingerprint density at radius 1 is 1.24 bits per heavy atom. The molecule has 0 unspecified atom stereocenters. The van der Waals surface area contributed by atoms with Gasteiger partial charge in [-0.3, -0.25) is 9.59 Å². The van der Waals surface area contributed by atoms with Crippen LogP contribution in [-0.2, 0) is 11.8 Å². The topological polar surface area (TPSA) is 89.4 Å². The first kappa shape index (κ1) is 20.7. The minimum Gasteiger partial charge on any atom is -0.466 e. The Labute approximate surface area is 173 Å². The maximum absolute atomic E-state index is 12.4. The van der Waals surface area contributed by atoms with E-state index < -0.39 is 0 Å². The van der Waals surface area contributed by atoms with Crippen LogP contribution in [0, 0.1) is 13.8 Å². The van der Waals surface area contributed by atoms with Crippen LogP contribution in [-0.4, -0.2) is 51.5 Å². The fraction of sp³-hybridized carbons (Fsp3) is 0.300. The van der Waals surface area contributed by atoms with E-state index in [4.69, 9.17) is 4.74 Å². The zero-order valence-corrected chi connectivity index (χ0v) is 17.8. The number of rotatable bonds is 5. The number of thioether (sulfide) groups is 1. The fourth-order valence-electron chi connectivity index (χ4n) is 2.81. The van der Waals surface area contributed by atoms with Crippen LogP contribution in [0.4, 0.5) is 10.5 Å². The highest BCUT2D eigenvalue weighted by molar-refractivity contribution is 8.13. The zero-order chi connectivity index (χ0) is 21.1. The summed E-state index contributed by atoms with van der Waals surface area (Å²) in [5.41, 5.74) is 3.14. The molecule has 0 bridgehead atoms. The van der Waals surface area contributed by atoms with Crippen molar-refractivity contribution in [2.75, 3.05) is 26.0 Å². The molecule has 3 aromatic rings. The first-order valence-corrected chi connectivity index (χ1v) is 9.79. The summed E-state index contributed by atoms with van der Waals surface area (Å²) < 4.78 is 7.33. The summed E-state index contributed by atoms with van der Waals surface area (Å²) >= 11 is 1.05. The van der Waals surface area contributed by atoms with Gasteiger partial charge in [0.1, 0.15) is 0 Å². The molecule has 0 spiro atoms. The third-order valence-corrected chi connectivity index (χ3v) is 5.27. The van der Waals surface area contributed by atoms with Crippen LogP contribution in [0.1, 0.15) is 11.3 Å². The molecule has 0 fully saturated rings. The summed E-state index contributed by atoms with van der Waals surface area (Å²) in [6.45, 7) is 3.67. The van der Waals surface area contributed by atoms with Crippen LogP contribution in [0.5, 0.6) is 5.88 Å². The molecule has 1 N–H and O–H groups in total. The van der Waals surface area contributed by atoms with Gasteiger partial charge in [-0.1, -0.05) is 12.1 Å². The molecule has 29 heavy (non-hydrogen) atoms. The van der Waals surface area contributed by atoms with Crippen molar-refractivity contribution in [1.29, 1.82) is 0 Å². The molecule has 0 radical (unpaired) electrons. The van der Waals surface area contributed by atoms with Crippen LogP contribution >= 0.6 is 11.8 Å². The summed E-state index contributed by atoms with van der Waals surface area (Å²) in [5, 5.41) is 7.81. The van der Waals surface area contributed by atoms with Crippen molar-refractivity contribution in [2.24, 2.45) is 7.05 Å². The van der Waals surface area contributed by atoms with Gasteiger partial charge in [-0.25, -0.2) is 9.67 Å². The molecule has 0 saturated carbocycles. The average molecular weight is 414 g/mol. The number of hydrogen-bond acceptors (Lipinski definition) is 6. The summed E-state index contributed by atoms with van der Waals surface area (Å²) in [7, 11) is 5.15. The smallest absolute Gasteiger partial charge is 0.286 e. The Hall–Kier alpha value is -3.07. The number of fused-ring (bicyclic) bond motifs is 1. The number of carbonyl (C=O) groups excluding carboxylic acids is 2. The van der Waals surface area contributed by atoms with E-state index in [0.29, 0.717) is 22.1 Å². The van der Waals surface area contributed by atoms with E-state index in [1.165, 1.54) is 4.90 Å². The Morgan fingerprint density at radius 3 is 2.69 bits per heavy atom. The SMILES string of the molecule is Cc1cc(C)c2c(OCC(=O)Nc3ccccc3SC(=O)N(C)C)nn(C)c2n1. The van der Waals surface area contributed by atoms with Gasteiger partial charge < -0.3 is 15.0 Å². The van der Waals surface area contributed by atoms with Crippen molar-refractivity contribution in [3.05, 3.63) is 41.6 Å². The number of anilines is 1. The maximum atomic E-state index is 12.4. The second-order valence-electron chi connectivity index (χ2n) is 6.80. The molecule has 2 amide bonds. The van der Waals surface area contributed by atoms with Crippen molar-refractivity contribution >= 4 is 39.6 Å². The van der Waals surface area contributed by atoms with E-state index in [2.05, 4.69) is 15.4 Å². The number of nitrogens with zero attached hydrogens (tertiary/aromatic N) is 4. The van der Waals surface area contributed by atoms with E-state index in [9.17, 15) is 9.59 Å². The van der Waals surface area contributed by atoms with E-state index in [0.717, 1.165) is 28.4 Å². The third-order valence-electron chi connectivity index (χ3n) is 4.15. The lowest BCUT2D eigenvalue weighted by molar-refractivity contribution is -0.118. The van der Waals surface area contributed by atoms with Crippen LogP contribution in [0.2, 0.25) is 0 Å². The monoisotopic (exact) mass is 413 g/mol. The fourth-order valence-corrected chi connectivity index (χ4v) is 3.56. The van der Waals surface area contributed by atoms with Crippen molar-refractivity contribution < 1.29 is 14.3 Å². The lowest BCUT2D eigenvalue weighted by Crippen LogP contribution is -2.21. The van der Waals surface area contributed by atoms with Gasteiger partial charge in [0.15, 0.2) is 12.3 Å². The van der Waals surface area contributed by atoms with Crippen molar-refractivity contribution in [3.8, 4) is 5.88 Å². The zero-order valence-electron chi connectivity index (χ0n) is 17.0. The molecular formula is C20H23N5O3S. The molecule has 9 heteroatoms. The van der Waals surface area contributed by atoms with Gasteiger partial charge in [0.2, 0.25) is 5.88 Å². The minimum absolute atomic E-state index is 0.124. The van der Waals surface area contributed by atoms with Gasteiger partial charge in [-0.05, 0) is 49.4 Å². The molecule has 0 atom stereocenters. The largest absolute Gasteiger partial charge is 0.466 e. The number of para-hydroxylation sites is 1. The molecule has 152 valence electrons. The van der Waals surface area contributed by atoms with E-state index in [1.54, 1.807) is 44.0 Å². The lowest BCUT2D eigenvalue weighted by atomic mass is 10.2. The van der Waals surface area contributed by atoms with Gasteiger partial charge in [-0.2, -0.15) is 0 Å². The van der Waals surface area contributed by atoms with Gasteiger partial charge in [0.05, 0.1) is 11.1 Å². The highest BCUT2D eigenvalue weighted by Crippen LogP contribution is 2.29. The summed E-state index contributed by atoms with van der Waals surface area (Å²) in [6.07, 6.45) is 0. The molecule has 0 saturated heterocycles. The molecule has 0 aliphatic heterocycles. The summed E-state index contributed by atoms with van der Waals surface area (Å²) in [5.74, 6) is 0.0278. The van der Waals surface area contributed by atoms with Crippen LogP contribution < -0.4 is 10.1 Å². The summed E-state index contributed by atoms with van der Waals surface area (Å²) in [6, 6.07) is 9.09. The Balaban J connectivity index is 1.72. The van der Waals surface area contributed by atoms with Gasteiger partial charge >= 0.3 is 0 Å². The molecule has 0 aliphatic carbocycles. The predicted octanol–water partition coefficient (Wildman–Crippen LogP) is 3.38. The van der Waals surface area contributed by atoms with Crippen LogP contribution in [0.15, 0.2) is 35.2 Å². The number of aryl methyl sites for hydroxylation is 3. The van der Waals surface area contributed by atoms with Gasteiger partial charge in [0, 0.05) is 31.7 Å². The van der Waals surface area contributed by atoms with Crippen molar-refractivity contribution in [2.45, 2.75) is 18.7 Å². The Kier molecular flexibility index (Phi) is 6.07. The van der Waals surface area contributed by atoms with Crippen LogP contribution in [0.3, 0.4) is 0 Å². The third kappa shape index (κ3) is 4.68. The maximum Gasteiger partial charge on any atom is 0.286 e. The number of hydrogen-bond donors (Lipinski definition) is 1. The first-order chi connectivity index (χ1) is 13.8. The number of ether oxygens (including phenoxy) is 1. The number of pyridine rings is 1. The number of carbonyl (C=O) groups is 2. The van der Waals surface area contributed by atoms with Crippen molar-refractivity contribution in [1.82, 2.24) is 19.7 Å². The number of amides is 2. The second-order valence-corrected chi connectivity index (χ2v) is 7.80. The molecule has 2 aromatic heterocycles. The highest BCUT2D eigenvalue weighted by atomic mass is 32.2. The molecule has 1 aromatic carbocycles. The van der Waals surface area contributed by atoms with E-state index in [1.807, 2.05) is 26.0 Å². The molecule has 8 nitrogen and oxygen atoms in total. The molecule has 0 aliphatic rings. The first-order valence-electron chi connectivity index (χ1n) is 8.98. The standard InChI is InChI=1S/C20H23N5O3S/c1-12-10-13(2)21-18-17(12)19(23-25(18)5)28-11-16(26)22-14-8-6-7-9-15(14)29-20(27)24(3)4/h6-10H,11H2,1-5H3,(H,22,26). The predicted molar refractivity (Wildman–Crippen MR) is 113 cm³/mol. The normalized spacial score (nSPS) is 10.8. The van der Waals surface area contributed by atoms with Gasteiger partial charge in [-0.15, -0.1) is 5.10 Å². The highest BCUT2D eigenvalue weighted by Gasteiger charge is 2.17. The molecule has 3 rings (SSSR count). The second kappa shape index (κ2) is 8.52. The molecular weight excluding hydrogens is 390 g/mol. The number of nitrogens with one attached hydrogen (secondary N) is 1. The van der Waals surface area contributed by atoms with Crippen molar-refractivity contribution in [3.63, 3.8) is 0 Å². The quantitative estimate of drug-likeness (QED) is 0.645. The Bertz CT molecular complexity index is 1080. The van der Waals surface area contributed by atoms with E-state index >= 15 is 0 Å². The van der Waals surface area contributed by atoms with Crippen LogP contribution in [0.25, 0.3) is 11.0 Å². The van der Waals surface area contributed by atoms with Gasteiger partial charge in [0.25, 0.3) is 11.1 Å². The molecule has 2 heterocycles. The average Bonchev–Trinajstić information content (AvgIpc) is 2.97. The van der Waals surface area contributed by atoms with E-state index in [-0.39, 0.29) is 17.8 Å². The Morgan fingerprint density at radius 2 is 1.97 bits per heavy atom. The minimum atomic E-state index is -0.341.